The zero-order valence-electron chi connectivity index (χ0n) is 9.45. The maximum atomic E-state index is 11.9. The summed E-state index contributed by atoms with van der Waals surface area (Å²) in [5.74, 6) is 0.270. The lowest BCUT2D eigenvalue weighted by atomic mass is 9.79. The van der Waals surface area contributed by atoms with Crippen molar-refractivity contribution in [1.29, 1.82) is 0 Å². The molecule has 0 aromatic carbocycles. The van der Waals surface area contributed by atoms with Crippen LogP contribution >= 0.6 is 0 Å². The quantitative estimate of drug-likeness (QED) is 0.714. The second-order valence-corrected chi connectivity index (χ2v) is 4.61. The van der Waals surface area contributed by atoms with Gasteiger partial charge in [0, 0.05) is 25.0 Å². The van der Waals surface area contributed by atoms with E-state index in [1.54, 1.807) is 0 Å². The third kappa shape index (κ3) is 2.26. The fourth-order valence-corrected chi connectivity index (χ4v) is 2.39. The molecule has 1 saturated heterocycles. The van der Waals surface area contributed by atoms with Gasteiger partial charge in [-0.05, 0) is 31.8 Å². The molecular weight excluding hydrogens is 204 g/mol. The summed E-state index contributed by atoms with van der Waals surface area (Å²) in [5, 5.41) is 2.81. The lowest BCUT2D eigenvalue weighted by Gasteiger charge is -2.36. The first-order chi connectivity index (χ1) is 7.70. The minimum atomic E-state index is -0.142. The van der Waals surface area contributed by atoms with Crippen LogP contribution in [0.1, 0.15) is 25.7 Å². The van der Waals surface area contributed by atoms with Crippen molar-refractivity contribution in [3.63, 3.8) is 0 Å². The number of nitrogens with zero attached hydrogens (tertiary/aromatic N) is 1. The zero-order valence-corrected chi connectivity index (χ0v) is 9.45. The van der Waals surface area contributed by atoms with Crippen molar-refractivity contribution in [3.05, 3.63) is 12.7 Å². The van der Waals surface area contributed by atoms with Crippen LogP contribution in [-0.4, -0.2) is 35.8 Å². The van der Waals surface area contributed by atoms with Crippen LogP contribution in [0.4, 0.5) is 0 Å². The van der Waals surface area contributed by atoms with Gasteiger partial charge in [0.15, 0.2) is 0 Å². The summed E-state index contributed by atoms with van der Waals surface area (Å²) in [5.41, 5.74) is 0. The van der Waals surface area contributed by atoms with E-state index in [0.717, 1.165) is 38.8 Å². The molecule has 2 rings (SSSR count). The number of amides is 2. The fraction of sp³-hybridized carbons (Fsp3) is 0.667. The monoisotopic (exact) mass is 222 g/mol. The summed E-state index contributed by atoms with van der Waals surface area (Å²) >= 11 is 0. The van der Waals surface area contributed by atoms with Gasteiger partial charge in [-0.25, -0.2) is 0 Å². The second-order valence-electron chi connectivity index (χ2n) is 4.61. The number of hydrogen-bond acceptors (Lipinski definition) is 2. The molecule has 1 aliphatic carbocycles. The molecule has 4 nitrogen and oxygen atoms in total. The zero-order chi connectivity index (χ0) is 11.5. The van der Waals surface area contributed by atoms with Gasteiger partial charge in [0.25, 0.3) is 0 Å². The van der Waals surface area contributed by atoms with Crippen molar-refractivity contribution < 1.29 is 9.59 Å². The van der Waals surface area contributed by atoms with E-state index in [1.165, 1.54) is 6.08 Å². The third-order valence-corrected chi connectivity index (χ3v) is 3.44. The normalized spacial score (nSPS) is 28.4. The Hall–Kier alpha value is -1.32. The van der Waals surface area contributed by atoms with Crippen LogP contribution in [0.15, 0.2) is 12.7 Å². The predicted molar refractivity (Wildman–Crippen MR) is 60.7 cm³/mol. The molecule has 0 aromatic rings. The van der Waals surface area contributed by atoms with Crippen LogP contribution in [0, 0.1) is 5.92 Å². The Balaban J connectivity index is 1.73. The van der Waals surface area contributed by atoms with E-state index in [-0.39, 0.29) is 23.8 Å². The number of carbonyl (C=O) groups excluding carboxylic acids is 2. The molecule has 0 unspecified atom stereocenters. The highest BCUT2D eigenvalue weighted by atomic mass is 16.2. The van der Waals surface area contributed by atoms with E-state index >= 15 is 0 Å². The third-order valence-electron chi connectivity index (χ3n) is 3.44. The number of rotatable bonds is 3. The molecule has 2 aliphatic rings. The first kappa shape index (κ1) is 11.2. The molecule has 0 atom stereocenters. The van der Waals surface area contributed by atoms with Crippen molar-refractivity contribution in [2.75, 3.05) is 13.1 Å². The second kappa shape index (κ2) is 4.68. The van der Waals surface area contributed by atoms with Crippen molar-refractivity contribution in [1.82, 2.24) is 10.2 Å². The molecule has 0 aromatic heterocycles. The highest BCUT2D eigenvalue weighted by Gasteiger charge is 2.37. The van der Waals surface area contributed by atoms with Crippen molar-refractivity contribution in [2.24, 2.45) is 5.92 Å². The summed E-state index contributed by atoms with van der Waals surface area (Å²) < 4.78 is 0. The molecule has 4 heteroatoms. The first-order valence-corrected chi connectivity index (χ1v) is 5.92. The Morgan fingerprint density at radius 2 is 1.88 bits per heavy atom. The highest BCUT2D eigenvalue weighted by molar-refractivity contribution is 5.87. The van der Waals surface area contributed by atoms with Gasteiger partial charge in [-0.3, -0.25) is 9.59 Å². The number of nitrogens with one attached hydrogen (secondary N) is 1. The van der Waals surface area contributed by atoms with E-state index in [4.69, 9.17) is 0 Å². The van der Waals surface area contributed by atoms with Gasteiger partial charge in [-0.1, -0.05) is 6.58 Å². The molecule has 1 aliphatic heterocycles. The van der Waals surface area contributed by atoms with Gasteiger partial charge in [-0.15, -0.1) is 0 Å². The predicted octanol–water partition coefficient (Wildman–Crippen LogP) is 0.690. The largest absolute Gasteiger partial charge is 0.350 e. The van der Waals surface area contributed by atoms with E-state index < -0.39 is 0 Å². The molecular formula is C12H18N2O2. The Labute approximate surface area is 95.7 Å². The summed E-state index contributed by atoms with van der Waals surface area (Å²) in [6.45, 7) is 5.23. The maximum absolute atomic E-state index is 11.9. The number of carbonyl (C=O) groups is 2. The van der Waals surface area contributed by atoms with Crippen molar-refractivity contribution >= 4 is 11.8 Å². The summed E-state index contributed by atoms with van der Waals surface area (Å²) in [7, 11) is 0. The highest BCUT2D eigenvalue weighted by Crippen LogP contribution is 2.30. The van der Waals surface area contributed by atoms with Gasteiger partial charge in [0.05, 0.1) is 0 Å². The Kier molecular flexibility index (Phi) is 3.27. The molecule has 1 N–H and O–H groups in total. The summed E-state index contributed by atoms with van der Waals surface area (Å²) in [4.78, 5) is 24.9. The molecule has 0 bridgehead atoms. The lowest BCUT2D eigenvalue weighted by molar-refractivity contribution is -0.138. The average molecular weight is 222 g/mol. The van der Waals surface area contributed by atoms with Crippen LogP contribution in [0.3, 0.4) is 0 Å². The molecule has 88 valence electrons. The molecule has 16 heavy (non-hydrogen) atoms. The molecule has 1 heterocycles. The van der Waals surface area contributed by atoms with Crippen LogP contribution in [0.25, 0.3) is 0 Å². The van der Waals surface area contributed by atoms with Crippen LogP contribution in [0.5, 0.6) is 0 Å². The molecule has 0 radical (unpaired) electrons. The Bertz CT molecular complexity index is 302. The molecule has 0 spiro atoms. The minimum Gasteiger partial charge on any atom is -0.350 e. The molecule has 2 amide bonds. The minimum absolute atomic E-state index is 0.133. The lowest BCUT2D eigenvalue weighted by Crippen LogP contribution is -2.49. The van der Waals surface area contributed by atoms with Crippen LogP contribution < -0.4 is 5.32 Å². The topological polar surface area (TPSA) is 49.4 Å². The Morgan fingerprint density at radius 3 is 2.44 bits per heavy atom. The standard InChI is InChI=1S/C12H18N2O2/c1-2-11(15)13-10-7-9(8-10)12(16)14-5-3-4-6-14/h2,9-10H,1,3-8H2,(H,13,15)/t9-,10-. The van der Waals surface area contributed by atoms with E-state index in [1.807, 2.05) is 4.90 Å². The average Bonchev–Trinajstić information content (AvgIpc) is 2.74. The van der Waals surface area contributed by atoms with Crippen molar-refractivity contribution in [2.45, 2.75) is 31.7 Å². The first-order valence-electron chi connectivity index (χ1n) is 5.92. The smallest absolute Gasteiger partial charge is 0.243 e. The van der Waals surface area contributed by atoms with Gasteiger partial charge in [0.2, 0.25) is 11.8 Å². The van der Waals surface area contributed by atoms with Crippen LogP contribution in [0.2, 0.25) is 0 Å². The maximum Gasteiger partial charge on any atom is 0.243 e. The summed E-state index contributed by atoms with van der Waals surface area (Å²) in [6.07, 6.45) is 5.11. The summed E-state index contributed by atoms with van der Waals surface area (Å²) in [6, 6.07) is 0.169. The molecule has 2 fully saturated rings. The van der Waals surface area contributed by atoms with E-state index in [2.05, 4.69) is 11.9 Å². The van der Waals surface area contributed by atoms with Gasteiger partial charge >= 0.3 is 0 Å². The SMILES string of the molecule is C=CC(=O)N[C@H]1C[C@H](C(=O)N2CCCC2)C1. The van der Waals surface area contributed by atoms with Crippen molar-refractivity contribution in [3.8, 4) is 0 Å². The van der Waals surface area contributed by atoms with E-state index in [0.29, 0.717) is 0 Å². The fourth-order valence-electron chi connectivity index (χ4n) is 2.39. The number of hydrogen-bond donors (Lipinski definition) is 1. The molecule has 1 saturated carbocycles. The Morgan fingerprint density at radius 1 is 1.25 bits per heavy atom. The van der Waals surface area contributed by atoms with Gasteiger partial charge in [-0.2, -0.15) is 0 Å². The van der Waals surface area contributed by atoms with E-state index in [9.17, 15) is 9.59 Å². The van der Waals surface area contributed by atoms with Crippen LogP contribution in [-0.2, 0) is 9.59 Å². The number of likely N-dealkylation sites (tertiary alicyclic amines) is 1. The van der Waals surface area contributed by atoms with Gasteiger partial charge < -0.3 is 10.2 Å². The van der Waals surface area contributed by atoms with Gasteiger partial charge in [0.1, 0.15) is 0 Å².